The highest BCUT2D eigenvalue weighted by atomic mass is 16.8. The van der Waals surface area contributed by atoms with Crippen molar-refractivity contribution in [3.63, 3.8) is 0 Å². The lowest BCUT2D eigenvalue weighted by Crippen LogP contribution is -2.52. The third kappa shape index (κ3) is 6.77. The number of aromatic nitrogens is 1. The second kappa shape index (κ2) is 12.6. The third-order valence-corrected chi connectivity index (χ3v) is 8.70. The first-order valence-corrected chi connectivity index (χ1v) is 15.3. The maximum absolute atomic E-state index is 13.5. The van der Waals surface area contributed by atoms with Gasteiger partial charge in [0.1, 0.15) is 17.2 Å². The van der Waals surface area contributed by atoms with Crippen LogP contribution in [-0.4, -0.2) is 84.0 Å². The molecular formula is C32H41N5O7. The van der Waals surface area contributed by atoms with Crippen LogP contribution in [0.3, 0.4) is 0 Å². The van der Waals surface area contributed by atoms with Gasteiger partial charge in [-0.05, 0) is 48.9 Å². The van der Waals surface area contributed by atoms with Crippen LogP contribution in [0.2, 0.25) is 0 Å². The van der Waals surface area contributed by atoms with Gasteiger partial charge in [0.25, 0.3) is 6.01 Å². The van der Waals surface area contributed by atoms with Gasteiger partial charge in [-0.1, -0.05) is 44.2 Å². The standard InChI is InChI=1S/C32H41N5O7/c1-19(2)11-12-37(30(39)34-22-9-10-26-24(14-22)35-29(33-3)42-26)17-25(38)23(13-20-7-5-4-6-8-20)36-31(40)43-27-16-32-15-21(27)18-41-28(32)44-32/h4-10,14,19,21,23,25,27-28,38H,11-13,15-18H2,1-3H3,(H,33,35)(H,34,39)(H,36,40)/t21?,23-,25+,27+,28?,32?/m0/s1. The highest BCUT2D eigenvalue weighted by Gasteiger charge is 2.68. The van der Waals surface area contributed by atoms with E-state index in [1.54, 1.807) is 30.1 Å². The highest BCUT2D eigenvalue weighted by molar-refractivity contribution is 5.92. The molecule has 12 nitrogen and oxygen atoms in total. The Morgan fingerprint density at radius 1 is 1.18 bits per heavy atom. The molecule has 2 aliphatic heterocycles. The zero-order valence-electron chi connectivity index (χ0n) is 25.3. The van der Waals surface area contributed by atoms with Crippen LogP contribution in [-0.2, 0) is 20.6 Å². The number of rotatable bonds is 12. The van der Waals surface area contributed by atoms with Gasteiger partial charge in [0.15, 0.2) is 11.9 Å². The fraction of sp³-hybridized carbons (Fsp3) is 0.531. The number of urea groups is 1. The van der Waals surface area contributed by atoms with E-state index in [2.05, 4.69) is 34.8 Å². The molecule has 2 saturated heterocycles. The molecule has 236 valence electrons. The Morgan fingerprint density at radius 2 is 2.00 bits per heavy atom. The van der Waals surface area contributed by atoms with Crippen molar-refractivity contribution >= 4 is 34.9 Å². The number of carbonyl (C=O) groups is 2. The summed E-state index contributed by atoms with van der Waals surface area (Å²) < 4.78 is 22.8. The highest BCUT2D eigenvalue weighted by Crippen LogP contribution is 2.56. The minimum Gasteiger partial charge on any atom is -0.446 e. The largest absolute Gasteiger partial charge is 0.446 e. The zero-order valence-corrected chi connectivity index (χ0v) is 25.3. The molecule has 44 heavy (non-hydrogen) atoms. The second-order valence-corrected chi connectivity index (χ2v) is 12.5. The van der Waals surface area contributed by atoms with Gasteiger partial charge in [0, 0.05) is 31.6 Å². The lowest BCUT2D eigenvalue weighted by molar-refractivity contribution is -0.00844. The molecule has 3 heterocycles. The predicted molar refractivity (Wildman–Crippen MR) is 163 cm³/mol. The van der Waals surface area contributed by atoms with E-state index < -0.39 is 18.2 Å². The number of aliphatic hydroxyl groups excluding tert-OH is 1. The number of hydrogen-bond acceptors (Lipinski definition) is 9. The number of alkyl carbamates (subject to hydrolysis) is 1. The van der Waals surface area contributed by atoms with Crippen molar-refractivity contribution in [1.29, 1.82) is 0 Å². The Bertz CT molecular complexity index is 1460. The molecule has 6 atom stereocenters. The number of carbonyl (C=O) groups excluding carboxylic acids is 2. The molecule has 3 unspecified atom stereocenters. The van der Waals surface area contributed by atoms with Gasteiger partial charge in [-0.15, -0.1) is 0 Å². The maximum atomic E-state index is 13.5. The number of aliphatic hydroxyl groups is 1. The van der Waals surface area contributed by atoms with Crippen molar-refractivity contribution in [2.24, 2.45) is 11.8 Å². The Balaban J connectivity index is 1.14. The fourth-order valence-electron chi connectivity index (χ4n) is 6.17. The molecule has 3 fully saturated rings. The summed E-state index contributed by atoms with van der Waals surface area (Å²) in [6, 6.07) is 14.2. The number of benzene rings is 2. The fourth-order valence-corrected chi connectivity index (χ4v) is 6.17. The topological polar surface area (TPSA) is 151 Å². The van der Waals surface area contributed by atoms with E-state index in [4.69, 9.17) is 18.6 Å². The second-order valence-electron chi connectivity index (χ2n) is 12.5. The average molecular weight is 608 g/mol. The van der Waals surface area contributed by atoms with Crippen molar-refractivity contribution in [2.45, 2.75) is 69.7 Å². The SMILES string of the molecule is CNc1nc2cc(NC(=O)N(CCC(C)C)C[C@@H](O)[C@H](Cc3ccccc3)NC(=O)O[C@@H]3CC45CC3COC4O5)ccc2o1. The lowest BCUT2D eigenvalue weighted by atomic mass is 10.0. The van der Waals surface area contributed by atoms with E-state index in [1.165, 1.54) is 0 Å². The van der Waals surface area contributed by atoms with Crippen molar-refractivity contribution in [1.82, 2.24) is 15.2 Å². The number of amides is 3. The monoisotopic (exact) mass is 607 g/mol. The number of anilines is 2. The van der Waals surface area contributed by atoms with E-state index in [-0.39, 0.29) is 36.5 Å². The van der Waals surface area contributed by atoms with E-state index in [9.17, 15) is 14.7 Å². The van der Waals surface area contributed by atoms with E-state index in [0.29, 0.717) is 54.7 Å². The van der Waals surface area contributed by atoms with Crippen LogP contribution in [0, 0.1) is 11.8 Å². The first-order valence-electron chi connectivity index (χ1n) is 15.3. The van der Waals surface area contributed by atoms with Crippen LogP contribution in [0.25, 0.3) is 11.1 Å². The average Bonchev–Trinajstić information content (AvgIpc) is 3.44. The number of fused-ring (bicyclic) bond motifs is 2. The van der Waals surface area contributed by atoms with Gasteiger partial charge >= 0.3 is 12.1 Å². The van der Waals surface area contributed by atoms with Crippen LogP contribution in [0.4, 0.5) is 21.3 Å². The summed E-state index contributed by atoms with van der Waals surface area (Å²) >= 11 is 0. The number of ether oxygens (including phenoxy) is 3. The summed E-state index contributed by atoms with van der Waals surface area (Å²) in [4.78, 5) is 32.7. The van der Waals surface area contributed by atoms with E-state index >= 15 is 0 Å². The summed E-state index contributed by atoms with van der Waals surface area (Å²) in [5, 5.41) is 20.2. The van der Waals surface area contributed by atoms with Gasteiger partial charge in [-0.3, -0.25) is 0 Å². The third-order valence-electron chi connectivity index (χ3n) is 8.70. The Labute approximate surface area is 256 Å². The quantitative estimate of drug-likeness (QED) is 0.220. The summed E-state index contributed by atoms with van der Waals surface area (Å²) in [5.41, 5.74) is 2.38. The normalized spacial score (nSPS) is 24.8. The summed E-state index contributed by atoms with van der Waals surface area (Å²) in [6.45, 7) is 5.09. The molecular weight excluding hydrogens is 566 g/mol. The van der Waals surface area contributed by atoms with Gasteiger partial charge in [0.2, 0.25) is 0 Å². The number of oxazole rings is 1. The Hall–Kier alpha value is -3.87. The number of hydrogen-bond donors (Lipinski definition) is 4. The van der Waals surface area contributed by atoms with Gasteiger partial charge < -0.3 is 44.6 Å². The molecule has 12 heteroatoms. The smallest absolute Gasteiger partial charge is 0.407 e. The maximum Gasteiger partial charge on any atom is 0.407 e. The minimum atomic E-state index is -1.07. The molecule has 1 aromatic heterocycles. The number of nitrogens with zero attached hydrogens (tertiary/aromatic N) is 2. The van der Waals surface area contributed by atoms with Crippen molar-refractivity contribution < 1.29 is 33.3 Å². The van der Waals surface area contributed by atoms with Crippen LogP contribution in [0.15, 0.2) is 52.9 Å². The molecule has 2 bridgehead atoms. The number of nitrogens with one attached hydrogen (secondary N) is 3. The molecule has 1 aliphatic carbocycles. The molecule has 2 aromatic carbocycles. The first kappa shape index (κ1) is 30.2. The van der Waals surface area contributed by atoms with Crippen molar-refractivity contribution in [3.05, 3.63) is 54.1 Å². The number of epoxide rings is 1. The Kier molecular flexibility index (Phi) is 8.66. The minimum absolute atomic E-state index is 0.00493. The Morgan fingerprint density at radius 3 is 2.75 bits per heavy atom. The van der Waals surface area contributed by atoms with E-state index in [1.807, 2.05) is 30.3 Å². The predicted octanol–water partition coefficient (Wildman–Crippen LogP) is 4.35. The lowest BCUT2D eigenvalue weighted by Gasteiger charge is -2.31. The molecule has 6 rings (SSSR count). The van der Waals surface area contributed by atoms with Crippen LogP contribution in [0.5, 0.6) is 0 Å². The van der Waals surface area contributed by atoms with Crippen LogP contribution in [0.1, 0.15) is 38.7 Å². The first-order chi connectivity index (χ1) is 21.2. The van der Waals surface area contributed by atoms with Gasteiger partial charge in [-0.2, -0.15) is 4.98 Å². The molecule has 1 saturated carbocycles. The summed E-state index contributed by atoms with van der Waals surface area (Å²) in [6.07, 6.45) is 0.371. The van der Waals surface area contributed by atoms with Gasteiger partial charge in [0.05, 0.1) is 25.3 Å². The van der Waals surface area contributed by atoms with Gasteiger partial charge in [-0.25, -0.2) is 9.59 Å². The molecule has 3 aromatic rings. The van der Waals surface area contributed by atoms with Crippen molar-refractivity contribution in [3.8, 4) is 0 Å². The molecule has 3 aliphatic rings. The van der Waals surface area contributed by atoms with Crippen molar-refractivity contribution in [2.75, 3.05) is 37.4 Å². The van der Waals surface area contributed by atoms with Crippen LogP contribution < -0.4 is 16.0 Å². The summed E-state index contributed by atoms with van der Waals surface area (Å²) in [5.74, 6) is 0.430. The molecule has 4 N–H and O–H groups in total. The zero-order chi connectivity index (χ0) is 30.8. The molecule has 3 amide bonds. The molecule has 0 radical (unpaired) electrons. The van der Waals surface area contributed by atoms with Crippen LogP contribution >= 0.6 is 0 Å². The summed E-state index contributed by atoms with van der Waals surface area (Å²) in [7, 11) is 1.72. The molecule has 1 spiro atoms. The van der Waals surface area contributed by atoms with E-state index in [0.717, 1.165) is 18.4 Å².